The number of anilines is 3. The summed E-state index contributed by atoms with van der Waals surface area (Å²) in [6.45, 7) is 2.49. The van der Waals surface area contributed by atoms with Gasteiger partial charge in [0.2, 0.25) is 11.8 Å². The Morgan fingerprint density at radius 2 is 1.95 bits per heavy atom. The van der Waals surface area contributed by atoms with Crippen LogP contribution in [0.4, 0.5) is 17.5 Å². The third kappa shape index (κ3) is 3.83. The normalized spacial score (nSPS) is 10.2. The molecule has 0 spiro atoms. The van der Waals surface area contributed by atoms with Gasteiger partial charge in [0.1, 0.15) is 5.82 Å². The lowest BCUT2D eigenvalue weighted by molar-refractivity contribution is 0.311. The smallest absolute Gasteiger partial charge is 0.232 e. The Labute approximate surface area is 117 Å². The highest BCUT2D eigenvalue weighted by molar-refractivity contribution is 5.56. The van der Waals surface area contributed by atoms with Gasteiger partial charge in [-0.2, -0.15) is 9.97 Å². The fraction of sp³-hybridized carbons (Fsp3) is 0.286. The molecule has 0 saturated carbocycles. The highest BCUT2D eigenvalue weighted by Gasteiger charge is 2.05. The molecular weight excluding hydrogens is 256 g/mol. The predicted octanol–water partition coefficient (Wildman–Crippen LogP) is 1.94. The molecule has 6 nitrogen and oxygen atoms in total. The zero-order valence-electron chi connectivity index (χ0n) is 11.6. The van der Waals surface area contributed by atoms with E-state index in [1.807, 2.05) is 31.2 Å². The Bertz CT molecular complexity index is 558. The van der Waals surface area contributed by atoms with Gasteiger partial charge in [0.05, 0.1) is 13.7 Å². The van der Waals surface area contributed by atoms with Crippen molar-refractivity contribution < 1.29 is 9.84 Å². The van der Waals surface area contributed by atoms with Crippen LogP contribution in [0.3, 0.4) is 0 Å². The third-order valence-electron chi connectivity index (χ3n) is 2.64. The first-order valence-corrected chi connectivity index (χ1v) is 6.33. The largest absolute Gasteiger partial charge is 0.481 e. The predicted molar refractivity (Wildman–Crippen MR) is 78.6 cm³/mol. The number of methoxy groups -OCH3 is 1. The van der Waals surface area contributed by atoms with E-state index in [9.17, 15) is 0 Å². The second kappa shape index (κ2) is 6.72. The summed E-state index contributed by atoms with van der Waals surface area (Å²) in [4.78, 5) is 8.54. The van der Waals surface area contributed by atoms with Crippen molar-refractivity contribution >= 4 is 17.5 Å². The first-order chi connectivity index (χ1) is 9.71. The van der Waals surface area contributed by atoms with Gasteiger partial charge in [-0.1, -0.05) is 17.7 Å². The maximum absolute atomic E-state index is 8.83. The van der Waals surface area contributed by atoms with Crippen LogP contribution in [0.1, 0.15) is 5.56 Å². The van der Waals surface area contributed by atoms with Crippen LogP contribution in [0.25, 0.3) is 0 Å². The molecule has 0 aliphatic heterocycles. The number of hydrogen-bond donors (Lipinski definition) is 3. The lowest BCUT2D eigenvalue weighted by atomic mass is 10.2. The minimum atomic E-state index is 0.0348. The maximum Gasteiger partial charge on any atom is 0.232 e. The van der Waals surface area contributed by atoms with E-state index in [4.69, 9.17) is 9.84 Å². The molecule has 2 aromatic rings. The molecule has 106 valence electrons. The van der Waals surface area contributed by atoms with Crippen LogP contribution in [0, 0.1) is 6.92 Å². The van der Waals surface area contributed by atoms with Crippen LogP contribution in [0.2, 0.25) is 0 Å². The lowest BCUT2D eigenvalue weighted by Crippen LogP contribution is -2.09. The van der Waals surface area contributed by atoms with Gasteiger partial charge in [0.15, 0.2) is 0 Å². The topological polar surface area (TPSA) is 79.3 Å². The molecule has 1 aromatic heterocycles. The second-order valence-electron chi connectivity index (χ2n) is 4.26. The Hall–Kier alpha value is -2.34. The molecule has 0 saturated heterocycles. The minimum absolute atomic E-state index is 0.0348. The molecule has 3 N–H and O–H groups in total. The zero-order chi connectivity index (χ0) is 14.4. The molecule has 0 unspecified atom stereocenters. The number of ether oxygens (including phenoxy) is 1. The Balaban J connectivity index is 2.19. The number of aliphatic hydroxyl groups is 1. The summed E-state index contributed by atoms with van der Waals surface area (Å²) in [5.41, 5.74) is 2.09. The van der Waals surface area contributed by atoms with Gasteiger partial charge in [0, 0.05) is 18.3 Å². The summed E-state index contributed by atoms with van der Waals surface area (Å²) in [6, 6.07) is 9.61. The van der Waals surface area contributed by atoms with E-state index in [2.05, 4.69) is 20.6 Å². The van der Waals surface area contributed by atoms with Crippen LogP contribution in [0.15, 0.2) is 30.3 Å². The molecular formula is C14H18N4O2. The van der Waals surface area contributed by atoms with Gasteiger partial charge in [-0.3, -0.25) is 0 Å². The van der Waals surface area contributed by atoms with Gasteiger partial charge in [-0.05, 0) is 19.1 Å². The summed E-state index contributed by atoms with van der Waals surface area (Å²) in [6.07, 6.45) is 0. The fourth-order valence-electron chi connectivity index (χ4n) is 1.63. The van der Waals surface area contributed by atoms with E-state index in [1.165, 1.54) is 5.56 Å². The molecule has 20 heavy (non-hydrogen) atoms. The summed E-state index contributed by atoms with van der Waals surface area (Å²) in [7, 11) is 1.55. The first-order valence-electron chi connectivity index (χ1n) is 6.33. The quantitative estimate of drug-likeness (QED) is 0.747. The number of hydrogen-bond acceptors (Lipinski definition) is 6. The highest BCUT2D eigenvalue weighted by atomic mass is 16.5. The van der Waals surface area contributed by atoms with Crippen LogP contribution in [-0.4, -0.2) is 35.3 Å². The molecule has 0 bridgehead atoms. The Morgan fingerprint density at radius 3 is 2.60 bits per heavy atom. The molecule has 0 atom stereocenters. The minimum Gasteiger partial charge on any atom is -0.481 e. The lowest BCUT2D eigenvalue weighted by Gasteiger charge is -2.10. The number of rotatable bonds is 6. The zero-order valence-corrected chi connectivity index (χ0v) is 11.6. The van der Waals surface area contributed by atoms with Crippen molar-refractivity contribution in [2.24, 2.45) is 0 Å². The van der Waals surface area contributed by atoms with Crippen molar-refractivity contribution in [2.45, 2.75) is 6.92 Å². The molecule has 0 aliphatic rings. The summed E-state index contributed by atoms with van der Waals surface area (Å²) in [5.74, 6) is 1.49. The molecule has 0 fully saturated rings. The van der Waals surface area contributed by atoms with E-state index in [0.29, 0.717) is 24.2 Å². The van der Waals surface area contributed by atoms with Crippen LogP contribution in [-0.2, 0) is 0 Å². The summed E-state index contributed by atoms with van der Waals surface area (Å²) in [5, 5.41) is 14.9. The van der Waals surface area contributed by atoms with Crippen molar-refractivity contribution in [3.8, 4) is 5.88 Å². The standard InChI is InChI=1S/C14H18N4O2/c1-10-3-5-11(6-4-10)16-14-17-12(15-7-8-19)9-13(18-14)20-2/h3-6,9,19H,7-8H2,1-2H3,(H2,15,16,17,18). The molecule has 0 amide bonds. The molecule has 0 radical (unpaired) electrons. The van der Waals surface area contributed by atoms with Gasteiger partial charge in [-0.25, -0.2) is 0 Å². The second-order valence-corrected chi connectivity index (χ2v) is 4.26. The average Bonchev–Trinajstić information content (AvgIpc) is 2.47. The van der Waals surface area contributed by atoms with Gasteiger partial charge in [-0.15, -0.1) is 0 Å². The molecule has 0 aliphatic carbocycles. The SMILES string of the molecule is COc1cc(NCCO)nc(Nc2ccc(C)cc2)n1. The third-order valence-corrected chi connectivity index (χ3v) is 2.64. The Kier molecular flexibility index (Phi) is 4.73. The van der Waals surface area contributed by atoms with E-state index in [1.54, 1.807) is 13.2 Å². The molecule has 2 rings (SSSR count). The van der Waals surface area contributed by atoms with Gasteiger partial charge in [0.25, 0.3) is 0 Å². The van der Waals surface area contributed by atoms with Crippen molar-refractivity contribution in [3.63, 3.8) is 0 Å². The van der Waals surface area contributed by atoms with E-state index >= 15 is 0 Å². The van der Waals surface area contributed by atoms with Gasteiger partial charge < -0.3 is 20.5 Å². The number of nitrogens with one attached hydrogen (secondary N) is 2. The van der Waals surface area contributed by atoms with Crippen molar-refractivity contribution in [1.29, 1.82) is 0 Å². The first kappa shape index (κ1) is 14.1. The summed E-state index contributed by atoms with van der Waals surface area (Å²) < 4.78 is 5.14. The van der Waals surface area contributed by atoms with E-state index < -0.39 is 0 Å². The molecule has 1 heterocycles. The van der Waals surface area contributed by atoms with Gasteiger partial charge >= 0.3 is 0 Å². The maximum atomic E-state index is 8.83. The van der Waals surface area contributed by atoms with E-state index in [-0.39, 0.29) is 6.61 Å². The van der Waals surface area contributed by atoms with Crippen molar-refractivity contribution in [2.75, 3.05) is 30.9 Å². The summed E-state index contributed by atoms with van der Waals surface area (Å²) >= 11 is 0. The molecule has 1 aromatic carbocycles. The number of nitrogens with zero attached hydrogens (tertiary/aromatic N) is 2. The van der Waals surface area contributed by atoms with E-state index in [0.717, 1.165) is 5.69 Å². The van der Waals surface area contributed by atoms with Crippen molar-refractivity contribution in [1.82, 2.24) is 9.97 Å². The average molecular weight is 274 g/mol. The number of aryl methyl sites for hydroxylation is 1. The van der Waals surface area contributed by atoms with Crippen LogP contribution < -0.4 is 15.4 Å². The van der Waals surface area contributed by atoms with Crippen molar-refractivity contribution in [3.05, 3.63) is 35.9 Å². The van der Waals surface area contributed by atoms with Crippen LogP contribution >= 0.6 is 0 Å². The monoisotopic (exact) mass is 274 g/mol. The Morgan fingerprint density at radius 1 is 1.20 bits per heavy atom. The fourth-order valence-corrected chi connectivity index (χ4v) is 1.63. The number of benzene rings is 1. The number of aliphatic hydroxyl groups excluding tert-OH is 1. The number of aromatic nitrogens is 2. The molecule has 6 heteroatoms. The highest BCUT2D eigenvalue weighted by Crippen LogP contribution is 2.19. The van der Waals surface area contributed by atoms with Crippen LogP contribution in [0.5, 0.6) is 5.88 Å².